The second kappa shape index (κ2) is 6.73. The van der Waals surface area contributed by atoms with Crippen LogP contribution in [0.25, 0.3) is 10.8 Å². The van der Waals surface area contributed by atoms with Crippen LogP contribution in [-0.2, 0) is 6.54 Å². The molecule has 1 unspecified atom stereocenters. The van der Waals surface area contributed by atoms with E-state index >= 15 is 0 Å². The van der Waals surface area contributed by atoms with E-state index < -0.39 is 0 Å². The summed E-state index contributed by atoms with van der Waals surface area (Å²) in [5, 5.41) is 5.59. The molecular formula is C18H24N4O2. The maximum Gasteiger partial charge on any atom is 0.274 e. The van der Waals surface area contributed by atoms with Crippen molar-refractivity contribution in [3.05, 3.63) is 40.3 Å². The minimum Gasteiger partial charge on any atom is -0.337 e. The van der Waals surface area contributed by atoms with Gasteiger partial charge in [0.1, 0.15) is 0 Å². The fraction of sp³-hybridized carbons (Fsp3) is 0.500. The zero-order valence-corrected chi connectivity index (χ0v) is 14.2. The molecule has 6 nitrogen and oxygen atoms in total. The summed E-state index contributed by atoms with van der Waals surface area (Å²) in [6, 6.07) is 7.21. The fourth-order valence-electron chi connectivity index (χ4n) is 3.22. The second-order valence-electron chi connectivity index (χ2n) is 6.92. The highest BCUT2D eigenvalue weighted by Gasteiger charge is 2.28. The van der Waals surface area contributed by atoms with E-state index in [0.29, 0.717) is 48.6 Å². The van der Waals surface area contributed by atoms with Crippen molar-refractivity contribution < 1.29 is 4.79 Å². The van der Waals surface area contributed by atoms with Crippen molar-refractivity contribution in [2.24, 2.45) is 17.6 Å². The molecule has 1 aromatic heterocycles. The molecule has 0 bridgehead atoms. The molecule has 1 aromatic carbocycles. The number of carbonyl (C=O) groups excluding carboxylic acids is 1. The summed E-state index contributed by atoms with van der Waals surface area (Å²) in [6.45, 7) is 6.49. The first-order valence-electron chi connectivity index (χ1n) is 8.50. The zero-order chi connectivity index (χ0) is 17.3. The normalized spacial score (nSPS) is 17.8. The van der Waals surface area contributed by atoms with Crippen LogP contribution in [0, 0.1) is 11.8 Å². The smallest absolute Gasteiger partial charge is 0.274 e. The molecule has 1 atom stereocenters. The van der Waals surface area contributed by atoms with Crippen molar-refractivity contribution in [3.8, 4) is 0 Å². The fourth-order valence-corrected chi connectivity index (χ4v) is 3.22. The van der Waals surface area contributed by atoms with Gasteiger partial charge in [-0.2, -0.15) is 5.10 Å². The van der Waals surface area contributed by atoms with E-state index in [0.717, 1.165) is 6.42 Å². The number of nitrogens with zero attached hydrogens (tertiary/aromatic N) is 3. The first-order valence-corrected chi connectivity index (χ1v) is 8.50. The molecule has 0 saturated carbocycles. The van der Waals surface area contributed by atoms with Crippen molar-refractivity contribution in [1.82, 2.24) is 14.7 Å². The minimum atomic E-state index is -0.142. The number of carbonyl (C=O) groups is 1. The topological polar surface area (TPSA) is 81.2 Å². The molecule has 1 aliphatic heterocycles. The summed E-state index contributed by atoms with van der Waals surface area (Å²) >= 11 is 0. The summed E-state index contributed by atoms with van der Waals surface area (Å²) in [7, 11) is 0. The second-order valence-corrected chi connectivity index (χ2v) is 6.92. The third-order valence-electron chi connectivity index (χ3n) is 4.51. The standard InChI is InChI=1S/C18H24N4O2/c1-12(2)10-22-17(23)15-6-4-3-5-14(15)16(20-22)18(24)21-8-7-13(9-19)11-21/h3-6,12-13H,7-11,19H2,1-2H3. The largest absolute Gasteiger partial charge is 0.337 e. The molecule has 128 valence electrons. The molecule has 2 N–H and O–H groups in total. The predicted octanol–water partition coefficient (Wildman–Crippen LogP) is 1.47. The Balaban J connectivity index is 2.07. The van der Waals surface area contributed by atoms with Gasteiger partial charge in [0.2, 0.25) is 0 Å². The lowest BCUT2D eigenvalue weighted by Gasteiger charge is -2.18. The lowest BCUT2D eigenvalue weighted by molar-refractivity contribution is 0.0781. The Kier molecular flexibility index (Phi) is 4.66. The van der Waals surface area contributed by atoms with Crippen molar-refractivity contribution >= 4 is 16.7 Å². The van der Waals surface area contributed by atoms with Gasteiger partial charge in [-0.25, -0.2) is 4.68 Å². The predicted molar refractivity (Wildman–Crippen MR) is 93.9 cm³/mol. The van der Waals surface area contributed by atoms with E-state index in [4.69, 9.17) is 5.73 Å². The van der Waals surface area contributed by atoms with Gasteiger partial charge in [-0.15, -0.1) is 0 Å². The Morgan fingerprint density at radius 3 is 2.67 bits per heavy atom. The maximum atomic E-state index is 13.0. The lowest BCUT2D eigenvalue weighted by Crippen LogP contribution is -2.34. The SMILES string of the molecule is CC(C)Cn1nc(C(=O)N2CCC(CN)C2)c2ccccc2c1=O. The van der Waals surface area contributed by atoms with Crippen LogP contribution >= 0.6 is 0 Å². The van der Waals surface area contributed by atoms with Gasteiger partial charge in [-0.05, 0) is 30.9 Å². The highest BCUT2D eigenvalue weighted by molar-refractivity contribution is 6.04. The lowest BCUT2D eigenvalue weighted by atomic mass is 10.1. The van der Waals surface area contributed by atoms with Crippen LogP contribution in [0.2, 0.25) is 0 Å². The van der Waals surface area contributed by atoms with Gasteiger partial charge in [-0.3, -0.25) is 9.59 Å². The number of nitrogens with two attached hydrogens (primary N) is 1. The van der Waals surface area contributed by atoms with Gasteiger partial charge in [-0.1, -0.05) is 32.0 Å². The Bertz CT molecular complexity index is 812. The quantitative estimate of drug-likeness (QED) is 0.921. The molecule has 24 heavy (non-hydrogen) atoms. The highest BCUT2D eigenvalue weighted by atomic mass is 16.2. The molecule has 2 heterocycles. The molecule has 3 rings (SSSR count). The molecule has 2 aromatic rings. The number of aromatic nitrogens is 2. The van der Waals surface area contributed by atoms with Gasteiger partial charge in [0.25, 0.3) is 11.5 Å². The van der Waals surface area contributed by atoms with Crippen LogP contribution in [0.5, 0.6) is 0 Å². The van der Waals surface area contributed by atoms with Gasteiger partial charge in [0.15, 0.2) is 5.69 Å². The Hall–Kier alpha value is -2.21. The number of amides is 1. The highest BCUT2D eigenvalue weighted by Crippen LogP contribution is 2.20. The Labute approximate surface area is 141 Å². The molecule has 0 radical (unpaired) electrons. The zero-order valence-electron chi connectivity index (χ0n) is 14.2. The summed E-state index contributed by atoms with van der Waals surface area (Å²) in [5.41, 5.74) is 5.95. The first kappa shape index (κ1) is 16.6. The molecule has 1 aliphatic rings. The van der Waals surface area contributed by atoms with Crippen molar-refractivity contribution in [1.29, 1.82) is 0 Å². The maximum absolute atomic E-state index is 13.0. The Morgan fingerprint density at radius 1 is 1.33 bits per heavy atom. The summed E-state index contributed by atoms with van der Waals surface area (Å²) in [4.78, 5) is 27.4. The number of rotatable bonds is 4. The minimum absolute atomic E-state index is 0.111. The number of fused-ring (bicyclic) bond motifs is 1. The van der Waals surface area contributed by atoms with Crippen LogP contribution in [0.1, 0.15) is 30.8 Å². The monoisotopic (exact) mass is 328 g/mol. The molecule has 1 saturated heterocycles. The number of likely N-dealkylation sites (tertiary alicyclic amines) is 1. The first-order chi connectivity index (χ1) is 11.5. The summed E-state index contributed by atoms with van der Waals surface area (Å²) in [6.07, 6.45) is 0.922. The van der Waals surface area contributed by atoms with Crippen molar-refractivity contribution in [2.45, 2.75) is 26.8 Å². The van der Waals surface area contributed by atoms with Crippen LogP contribution < -0.4 is 11.3 Å². The van der Waals surface area contributed by atoms with Crippen LogP contribution in [0.3, 0.4) is 0 Å². The number of hydrogen-bond acceptors (Lipinski definition) is 4. The van der Waals surface area contributed by atoms with Crippen molar-refractivity contribution in [2.75, 3.05) is 19.6 Å². The number of hydrogen-bond donors (Lipinski definition) is 1. The summed E-state index contributed by atoms with van der Waals surface area (Å²) in [5.74, 6) is 0.508. The van der Waals surface area contributed by atoms with Gasteiger partial charge in [0, 0.05) is 25.0 Å². The third kappa shape index (κ3) is 3.06. The summed E-state index contributed by atoms with van der Waals surface area (Å²) < 4.78 is 1.43. The van der Waals surface area contributed by atoms with E-state index in [1.54, 1.807) is 17.0 Å². The van der Waals surface area contributed by atoms with E-state index in [2.05, 4.69) is 5.10 Å². The average Bonchev–Trinajstić information content (AvgIpc) is 3.05. The van der Waals surface area contributed by atoms with Gasteiger partial charge in [0.05, 0.1) is 5.39 Å². The average molecular weight is 328 g/mol. The molecule has 1 fully saturated rings. The Morgan fingerprint density at radius 2 is 2.04 bits per heavy atom. The van der Waals surface area contributed by atoms with Crippen LogP contribution in [0.15, 0.2) is 29.1 Å². The van der Waals surface area contributed by atoms with Gasteiger partial charge < -0.3 is 10.6 Å². The molecule has 1 amide bonds. The van der Waals surface area contributed by atoms with E-state index in [9.17, 15) is 9.59 Å². The molecule has 0 spiro atoms. The van der Waals surface area contributed by atoms with E-state index in [-0.39, 0.29) is 17.4 Å². The van der Waals surface area contributed by atoms with Crippen LogP contribution in [-0.4, -0.2) is 40.2 Å². The molecule has 6 heteroatoms. The van der Waals surface area contributed by atoms with E-state index in [1.165, 1.54) is 4.68 Å². The third-order valence-corrected chi connectivity index (χ3v) is 4.51. The molecule has 0 aliphatic carbocycles. The van der Waals surface area contributed by atoms with E-state index in [1.807, 2.05) is 26.0 Å². The molecular weight excluding hydrogens is 304 g/mol. The van der Waals surface area contributed by atoms with Gasteiger partial charge >= 0.3 is 0 Å². The number of benzene rings is 1. The van der Waals surface area contributed by atoms with Crippen molar-refractivity contribution in [3.63, 3.8) is 0 Å². The van der Waals surface area contributed by atoms with Crippen LogP contribution in [0.4, 0.5) is 0 Å².